The highest BCUT2D eigenvalue weighted by atomic mass is 15.2. The van der Waals surface area contributed by atoms with E-state index in [2.05, 4.69) is 204 Å². The summed E-state index contributed by atoms with van der Waals surface area (Å²) >= 11 is 0. The second-order valence-electron chi connectivity index (χ2n) is 19.4. The smallest absolute Gasteiger partial charge is 0.333 e. The number of fused-ring (bicyclic) bond motifs is 13. The first-order valence-corrected chi connectivity index (χ1v) is 21.3. The van der Waals surface area contributed by atoms with E-state index in [1.807, 2.05) is 0 Å². The predicted molar refractivity (Wildman–Crippen MR) is 257 cm³/mol. The van der Waals surface area contributed by atoms with E-state index in [-0.39, 0.29) is 17.7 Å². The van der Waals surface area contributed by atoms with Crippen LogP contribution in [0.25, 0.3) is 76.0 Å². The van der Waals surface area contributed by atoms with Gasteiger partial charge in [-0.15, -0.1) is 0 Å². The van der Waals surface area contributed by atoms with Crippen molar-refractivity contribution in [2.45, 2.75) is 66.2 Å². The molecule has 10 aromatic rings. The van der Waals surface area contributed by atoms with E-state index in [9.17, 15) is 0 Å². The minimum Gasteiger partial charge on any atom is -0.375 e. The third kappa shape index (κ3) is 4.65. The van der Waals surface area contributed by atoms with Crippen LogP contribution >= 0.6 is 0 Å². The molecule has 0 spiro atoms. The highest BCUT2D eigenvalue weighted by Gasteiger charge is 2.44. The van der Waals surface area contributed by atoms with Gasteiger partial charge in [0.05, 0.1) is 0 Å². The van der Waals surface area contributed by atoms with Gasteiger partial charge in [0.25, 0.3) is 0 Å². The van der Waals surface area contributed by atoms with Crippen LogP contribution < -0.4 is 15.8 Å². The van der Waals surface area contributed by atoms with E-state index < -0.39 is 0 Å². The van der Waals surface area contributed by atoms with Crippen LogP contribution in [0.15, 0.2) is 140 Å². The molecule has 12 rings (SSSR count). The number of hydrogen-bond acceptors (Lipinski definition) is 1. The van der Waals surface area contributed by atoms with Crippen LogP contribution in [-0.4, -0.2) is 11.3 Å². The van der Waals surface area contributed by atoms with Crippen molar-refractivity contribution < 1.29 is 0 Å². The number of rotatable bonds is 1. The molecule has 0 atom stereocenters. The molecule has 0 saturated heterocycles. The van der Waals surface area contributed by atoms with Crippen molar-refractivity contribution in [1.82, 2.24) is 4.48 Å². The molecule has 1 aromatic heterocycles. The molecule has 2 nitrogen and oxygen atoms in total. The third-order valence-electron chi connectivity index (χ3n) is 14.0. The lowest BCUT2D eigenvalue weighted by molar-refractivity contribution is 0.569. The average molecular weight is 759 g/mol. The van der Waals surface area contributed by atoms with Crippen molar-refractivity contribution in [2.24, 2.45) is 0 Å². The van der Waals surface area contributed by atoms with Gasteiger partial charge in [-0.05, 0) is 143 Å². The van der Waals surface area contributed by atoms with Crippen molar-refractivity contribution in [3.63, 3.8) is 0 Å². The van der Waals surface area contributed by atoms with Gasteiger partial charge in [0, 0.05) is 44.4 Å². The Bertz CT molecular complexity index is 3470. The van der Waals surface area contributed by atoms with Crippen molar-refractivity contribution in [2.75, 3.05) is 4.90 Å². The SMILES string of the molecule is Cc1c2ccccc2c(C)c2cc3c(cc12)B1c2c(cc4ccccc4c2-c2cc4ccccc4c4c5ccccc5n1c24)N3c1cc(C(C)(C)C)cc(C(C)(C)C)c1. The Balaban J connectivity index is 1.33. The van der Waals surface area contributed by atoms with Crippen molar-refractivity contribution >= 4 is 99.7 Å². The standard InChI is InChI=1S/C56H47BN2/c1-32-39-19-13-14-20-40(39)33(2)45-31-49-47(30-44(32)45)57-53-50(58(49)38-28-36(55(3,4)5)27-37(29-38)56(6,7)8)26-35-18-10-11-21-41(35)51(53)46-25-34-17-9-12-22-42(34)52-43-23-15-16-24-48(43)59(57)54(46)52/h9-31H,1-8H3. The second kappa shape index (κ2) is 11.7. The van der Waals surface area contributed by atoms with Crippen molar-refractivity contribution in [3.05, 3.63) is 162 Å². The van der Waals surface area contributed by atoms with Crippen LogP contribution in [0.4, 0.5) is 17.1 Å². The van der Waals surface area contributed by atoms with Gasteiger partial charge in [-0.25, -0.2) is 0 Å². The first-order valence-electron chi connectivity index (χ1n) is 21.3. The molecule has 0 fully saturated rings. The van der Waals surface area contributed by atoms with Crippen molar-refractivity contribution in [3.8, 4) is 11.1 Å². The van der Waals surface area contributed by atoms with Gasteiger partial charge in [-0.2, -0.15) is 0 Å². The lowest BCUT2D eigenvalue weighted by atomic mass is 9.44. The van der Waals surface area contributed by atoms with E-state index in [1.165, 1.54) is 126 Å². The van der Waals surface area contributed by atoms with Gasteiger partial charge >= 0.3 is 6.85 Å². The maximum absolute atomic E-state index is 2.73. The minimum atomic E-state index is -0.0459. The monoisotopic (exact) mass is 758 g/mol. The molecular formula is C56H47BN2. The fraction of sp³-hybridized carbons (Fsp3) is 0.179. The Labute approximate surface area is 346 Å². The fourth-order valence-corrected chi connectivity index (χ4v) is 10.9. The largest absolute Gasteiger partial charge is 0.375 e. The van der Waals surface area contributed by atoms with Crippen LogP contribution in [-0.2, 0) is 10.8 Å². The summed E-state index contributed by atoms with van der Waals surface area (Å²) < 4.78 is 2.73. The molecule has 0 amide bonds. The Hall–Kier alpha value is -6.32. The number of para-hydroxylation sites is 1. The van der Waals surface area contributed by atoms with Gasteiger partial charge in [-0.1, -0.05) is 145 Å². The number of aryl methyl sites for hydroxylation is 2. The lowest BCUT2D eigenvalue weighted by Crippen LogP contribution is -2.56. The summed E-state index contributed by atoms with van der Waals surface area (Å²) in [5.41, 5.74) is 17.1. The first kappa shape index (κ1) is 34.7. The van der Waals surface area contributed by atoms with Gasteiger partial charge in [-0.3, -0.25) is 0 Å². The maximum atomic E-state index is 2.73. The summed E-state index contributed by atoms with van der Waals surface area (Å²) in [4.78, 5) is 2.65. The zero-order chi connectivity index (χ0) is 40.3. The molecule has 9 aromatic carbocycles. The predicted octanol–water partition coefficient (Wildman–Crippen LogP) is 14.0. The van der Waals surface area contributed by atoms with E-state index in [4.69, 9.17) is 0 Å². The Morgan fingerprint density at radius 2 is 1.02 bits per heavy atom. The molecule has 2 aliphatic heterocycles. The normalized spacial score (nSPS) is 13.7. The van der Waals surface area contributed by atoms with Gasteiger partial charge in [0.2, 0.25) is 0 Å². The lowest BCUT2D eigenvalue weighted by Gasteiger charge is -2.42. The molecule has 0 saturated carbocycles. The molecule has 0 bridgehead atoms. The molecular weight excluding hydrogens is 711 g/mol. The van der Waals surface area contributed by atoms with Crippen molar-refractivity contribution in [1.29, 1.82) is 0 Å². The molecule has 0 aliphatic carbocycles. The average Bonchev–Trinajstić information content (AvgIpc) is 3.58. The topological polar surface area (TPSA) is 8.17 Å². The number of nitrogens with zero attached hydrogens (tertiary/aromatic N) is 2. The fourth-order valence-electron chi connectivity index (χ4n) is 10.9. The number of benzene rings is 9. The maximum Gasteiger partial charge on any atom is 0.333 e. The number of hydrogen-bond donors (Lipinski definition) is 0. The second-order valence-corrected chi connectivity index (χ2v) is 19.4. The summed E-state index contributed by atoms with van der Waals surface area (Å²) in [7, 11) is 0. The molecule has 59 heavy (non-hydrogen) atoms. The zero-order valence-electron chi connectivity index (χ0n) is 35.3. The van der Waals surface area contributed by atoms with E-state index in [0.29, 0.717) is 0 Å². The third-order valence-corrected chi connectivity index (χ3v) is 14.0. The molecule has 3 heterocycles. The summed E-state index contributed by atoms with van der Waals surface area (Å²) in [6.45, 7) is 18.7. The summed E-state index contributed by atoms with van der Waals surface area (Å²) in [6, 6.07) is 53.8. The van der Waals surface area contributed by atoms with Crippen LogP contribution in [0, 0.1) is 13.8 Å². The summed E-state index contributed by atoms with van der Waals surface area (Å²) in [6.07, 6.45) is 0. The summed E-state index contributed by atoms with van der Waals surface area (Å²) in [5.74, 6) is 0. The van der Waals surface area contributed by atoms with E-state index in [1.54, 1.807) is 0 Å². The van der Waals surface area contributed by atoms with Gasteiger partial charge in [0.1, 0.15) is 0 Å². The highest BCUT2D eigenvalue weighted by molar-refractivity contribution is 6.90. The minimum absolute atomic E-state index is 0.0361. The zero-order valence-corrected chi connectivity index (χ0v) is 35.3. The van der Waals surface area contributed by atoms with E-state index in [0.717, 1.165) is 0 Å². The van der Waals surface area contributed by atoms with Crippen LogP contribution in [0.2, 0.25) is 0 Å². The summed E-state index contributed by atoms with van der Waals surface area (Å²) in [5, 5.41) is 13.2. The first-order chi connectivity index (χ1) is 28.4. The molecule has 0 radical (unpaired) electrons. The Kier molecular flexibility index (Phi) is 6.86. The number of anilines is 3. The van der Waals surface area contributed by atoms with E-state index >= 15 is 0 Å². The highest BCUT2D eigenvalue weighted by Crippen LogP contribution is 2.51. The quantitative estimate of drug-likeness (QED) is 0.120. The number of aromatic nitrogens is 1. The Morgan fingerprint density at radius 1 is 0.475 bits per heavy atom. The molecule has 3 heteroatoms. The Morgan fingerprint density at radius 3 is 1.66 bits per heavy atom. The molecule has 0 unspecified atom stereocenters. The van der Waals surface area contributed by atoms with Crippen LogP contribution in [0.3, 0.4) is 0 Å². The van der Waals surface area contributed by atoms with Gasteiger partial charge < -0.3 is 9.38 Å². The molecule has 284 valence electrons. The van der Waals surface area contributed by atoms with Crippen LogP contribution in [0.5, 0.6) is 0 Å². The molecule has 2 aliphatic rings. The molecule has 0 N–H and O–H groups in total. The van der Waals surface area contributed by atoms with Crippen LogP contribution in [0.1, 0.15) is 63.8 Å². The van der Waals surface area contributed by atoms with Gasteiger partial charge in [0.15, 0.2) is 0 Å².